The number of alkyl halides is 3. The molecule has 2 heterocycles. The Labute approximate surface area is 159 Å². The van der Waals surface area contributed by atoms with E-state index in [-0.39, 0.29) is 11.2 Å². The molecule has 2 aromatic heterocycles. The summed E-state index contributed by atoms with van der Waals surface area (Å²) in [5.74, 6) is 0.421. The molecule has 0 atom stereocenters. The van der Waals surface area contributed by atoms with Crippen LogP contribution in [0.2, 0.25) is 5.02 Å². The molecule has 0 aliphatic heterocycles. The number of pyridine rings is 1. The topological polar surface area (TPSA) is 39.4 Å². The zero-order valence-corrected chi connectivity index (χ0v) is 15.9. The number of aromatic nitrogens is 3. The van der Waals surface area contributed by atoms with Gasteiger partial charge in [0.2, 0.25) is 0 Å². The molecule has 3 aromatic rings. The fourth-order valence-corrected chi connectivity index (χ4v) is 2.94. The average molecular weight is 398 g/mol. The summed E-state index contributed by atoms with van der Waals surface area (Å²) in [7, 11) is 0. The highest BCUT2D eigenvalue weighted by atomic mass is 35.5. The molecule has 0 radical (unpaired) electrons. The first-order valence-electron chi connectivity index (χ1n) is 8.36. The van der Waals surface area contributed by atoms with E-state index in [0.29, 0.717) is 28.6 Å². The van der Waals surface area contributed by atoms with Gasteiger partial charge in [0.25, 0.3) is 0 Å². The highest BCUT2D eigenvalue weighted by Crippen LogP contribution is 2.29. The number of rotatable bonds is 5. The van der Waals surface area contributed by atoms with E-state index >= 15 is 0 Å². The zero-order chi connectivity index (χ0) is 19.8. The molecule has 144 valence electrons. The molecule has 1 aromatic carbocycles. The van der Waals surface area contributed by atoms with Crippen molar-refractivity contribution in [2.45, 2.75) is 38.8 Å². The SMILES string of the molecule is Cc1c(OCC(C)(C)c2ccc(Cl)cc2)ccn2c(CC(F)(F)F)nnc12. The first-order valence-corrected chi connectivity index (χ1v) is 8.73. The van der Waals surface area contributed by atoms with Crippen molar-refractivity contribution < 1.29 is 17.9 Å². The van der Waals surface area contributed by atoms with Crippen LogP contribution in [0.15, 0.2) is 36.5 Å². The van der Waals surface area contributed by atoms with Crippen molar-refractivity contribution in [1.82, 2.24) is 14.6 Å². The Balaban J connectivity index is 1.81. The van der Waals surface area contributed by atoms with Crippen LogP contribution in [0.25, 0.3) is 5.65 Å². The highest BCUT2D eigenvalue weighted by molar-refractivity contribution is 6.30. The van der Waals surface area contributed by atoms with Crippen LogP contribution in [-0.4, -0.2) is 27.4 Å². The fourth-order valence-electron chi connectivity index (χ4n) is 2.81. The van der Waals surface area contributed by atoms with E-state index in [2.05, 4.69) is 10.2 Å². The molecule has 4 nitrogen and oxygen atoms in total. The lowest BCUT2D eigenvalue weighted by Gasteiger charge is -2.26. The Hall–Kier alpha value is -2.28. The standard InChI is InChI=1S/C19H19ClF3N3O/c1-12-15(27-11-18(2,3)13-4-6-14(20)7-5-13)8-9-26-16(10-19(21,22)23)24-25-17(12)26/h4-9H,10-11H2,1-3H3. The first kappa shape index (κ1) is 19.5. The van der Waals surface area contributed by atoms with E-state index < -0.39 is 12.6 Å². The molecule has 0 bridgehead atoms. The summed E-state index contributed by atoms with van der Waals surface area (Å²) in [6, 6.07) is 9.19. The molecule has 3 rings (SSSR count). The molecule has 0 aliphatic rings. The van der Waals surface area contributed by atoms with Gasteiger partial charge >= 0.3 is 6.18 Å². The maximum atomic E-state index is 12.7. The summed E-state index contributed by atoms with van der Waals surface area (Å²) in [4.78, 5) is 0. The van der Waals surface area contributed by atoms with Crippen molar-refractivity contribution in [3.63, 3.8) is 0 Å². The minimum atomic E-state index is -4.34. The molecular weight excluding hydrogens is 379 g/mol. The Kier molecular flexibility index (Phi) is 5.08. The number of nitrogens with zero attached hydrogens (tertiary/aromatic N) is 3. The molecule has 0 fully saturated rings. The summed E-state index contributed by atoms with van der Waals surface area (Å²) in [6.45, 7) is 6.23. The van der Waals surface area contributed by atoms with Gasteiger partial charge in [-0.1, -0.05) is 37.6 Å². The van der Waals surface area contributed by atoms with Crippen LogP contribution in [0, 0.1) is 6.92 Å². The van der Waals surface area contributed by atoms with E-state index in [0.717, 1.165) is 5.56 Å². The summed E-state index contributed by atoms with van der Waals surface area (Å²) < 4.78 is 45.3. The van der Waals surface area contributed by atoms with Crippen LogP contribution in [0.3, 0.4) is 0 Å². The lowest BCUT2D eigenvalue weighted by Crippen LogP contribution is -2.26. The second-order valence-electron chi connectivity index (χ2n) is 7.09. The molecule has 0 unspecified atom stereocenters. The number of aryl methyl sites for hydroxylation is 1. The van der Waals surface area contributed by atoms with Crippen molar-refractivity contribution in [3.8, 4) is 5.75 Å². The Morgan fingerprint density at radius 1 is 1.07 bits per heavy atom. The normalized spacial score (nSPS) is 12.6. The van der Waals surface area contributed by atoms with Gasteiger partial charge in [0.15, 0.2) is 5.65 Å². The Morgan fingerprint density at radius 3 is 2.37 bits per heavy atom. The van der Waals surface area contributed by atoms with Crippen LogP contribution in [-0.2, 0) is 11.8 Å². The number of benzene rings is 1. The monoisotopic (exact) mass is 397 g/mol. The van der Waals surface area contributed by atoms with Crippen LogP contribution >= 0.6 is 11.6 Å². The van der Waals surface area contributed by atoms with Gasteiger partial charge in [-0.2, -0.15) is 13.2 Å². The number of fused-ring (bicyclic) bond motifs is 1. The van der Waals surface area contributed by atoms with Gasteiger partial charge in [0.05, 0.1) is 6.61 Å². The van der Waals surface area contributed by atoms with Crippen molar-refractivity contribution in [1.29, 1.82) is 0 Å². The molecule has 0 amide bonds. The smallest absolute Gasteiger partial charge is 0.396 e. The largest absolute Gasteiger partial charge is 0.492 e. The molecular formula is C19H19ClF3N3O. The second-order valence-corrected chi connectivity index (χ2v) is 7.52. The lowest BCUT2D eigenvalue weighted by atomic mass is 9.85. The minimum absolute atomic E-state index is 0.145. The van der Waals surface area contributed by atoms with E-state index in [1.165, 1.54) is 10.6 Å². The Bertz CT molecular complexity index is 949. The molecule has 0 spiro atoms. The van der Waals surface area contributed by atoms with Gasteiger partial charge in [-0.3, -0.25) is 4.40 Å². The summed E-state index contributed by atoms with van der Waals surface area (Å²) in [6.07, 6.45) is -3.96. The molecule has 27 heavy (non-hydrogen) atoms. The molecule has 0 aliphatic carbocycles. The predicted octanol–water partition coefficient (Wildman–Crippen LogP) is 5.15. The van der Waals surface area contributed by atoms with E-state index in [1.807, 2.05) is 38.1 Å². The van der Waals surface area contributed by atoms with E-state index in [1.54, 1.807) is 13.0 Å². The molecule has 8 heteroatoms. The number of hydrogen-bond acceptors (Lipinski definition) is 3. The second kappa shape index (κ2) is 7.03. The third-order valence-electron chi connectivity index (χ3n) is 4.42. The highest BCUT2D eigenvalue weighted by Gasteiger charge is 2.31. The van der Waals surface area contributed by atoms with Crippen LogP contribution in [0.4, 0.5) is 13.2 Å². The third-order valence-corrected chi connectivity index (χ3v) is 4.67. The zero-order valence-electron chi connectivity index (χ0n) is 15.1. The lowest BCUT2D eigenvalue weighted by molar-refractivity contribution is -0.128. The van der Waals surface area contributed by atoms with Crippen molar-refractivity contribution in [2.24, 2.45) is 0 Å². The summed E-state index contributed by atoms with van der Waals surface area (Å²) >= 11 is 5.94. The van der Waals surface area contributed by atoms with Gasteiger partial charge in [-0.05, 0) is 30.7 Å². The van der Waals surface area contributed by atoms with Crippen LogP contribution in [0.5, 0.6) is 5.75 Å². The first-order chi connectivity index (χ1) is 12.6. The van der Waals surface area contributed by atoms with Gasteiger partial charge < -0.3 is 4.74 Å². The van der Waals surface area contributed by atoms with Crippen molar-refractivity contribution in [2.75, 3.05) is 6.61 Å². The number of hydrogen-bond donors (Lipinski definition) is 0. The van der Waals surface area contributed by atoms with Crippen LogP contribution < -0.4 is 4.74 Å². The quantitative estimate of drug-likeness (QED) is 0.597. The summed E-state index contributed by atoms with van der Waals surface area (Å²) in [5.41, 5.74) is 1.79. The molecule has 0 saturated heterocycles. The number of halogens is 4. The number of ether oxygens (including phenoxy) is 1. The molecule has 0 N–H and O–H groups in total. The van der Waals surface area contributed by atoms with Crippen LogP contribution in [0.1, 0.15) is 30.8 Å². The third kappa shape index (κ3) is 4.35. The van der Waals surface area contributed by atoms with Gasteiger partial charge in [0.1, 0.15) is 18.0 Å². The summed E-state index contributed by atoms with van der Waals surface area (Å²) in [5, 5.41) is 8.23. The Morgan fingerprint density at radius 2 is 1.74 bits per heavy atom. The maximum absolute atomic E-state index is 12.7. The van der Waals surface area contributed by atoms with Gasteiger partial charge in [0, 0.05) is 22.2 Å². The fraction of sp³-hybridized carbons (Fsp3) is 0.368. The van der Waals surface area contributed by atoms with Gasteiger partial charge in [-0.15, -0.1) is 10.2 Å². The molecule has 0 saturated carbocycles. The maximum Gasteiger partial charge on any atom is 0.396 e. The van der Waals surface area contributed by atoms with E-state index in [4.69, 9.17) is 16.3 Å². The van der Waals surface area contributed by atoms with Crippen molar-refractivity contribution >= 4 is 17.2 Å². The van der Waals surface area contributed by atoms with E-state index in [9.17, 15) is 13.2 Å². The predicted molar refractivity (Wildman–Crippen MR) is 97.5 cm³/mol. The average Bonchev–Trinajstić information content (AvgIpc) is 2.96. The van der Waals surface area contributed by atoms with Gasteiger partial charge in [-0.25, -0.2) is 0 Å². The van der Waals surface area contributed by atoms with Crippen molar-refractivity contribution in [3.05, 3.63) is 58.5 Å². The minimum Gasteiger partial charge on any atom is -0.492 e.